The monoisotopic (exact) mass is 279 g/mol. The van der Waals surface area contributed by atoms with Gasteiger partial charge in [-0.1, -0.05) is 32.1 Å². The Hall–Kier alpha value is -1.59. The number of imide groups is 1. The van der Waals surface area contributed by atoms with Crippen LogP contribution in [0.15, 0.2) is 0 Å². The second-order valence-electron chi connectivity index (χ2n) is 6.17. The van der Waals surface area contributed by atoms with E-state index in [-0.39, 0.29) is 17.7 Å². The predicted molar refractivity (Wildman–Crippen MR) is 71.3 cm³/mol. The minimum Gasteiger partial charge on any atom is -0.322 e. The van der Waals surface area contributed by atoms with Crippen molar-refractivity contribution in [3.8, 4) is 0 Å². The number of carbonyl (C=O) groups excluding carboxylic acids is 3. The van der Waals surface area contributed by atoms with Crippen molar-refractivity contribution in [2.75, 3.05) is 0 Å². The predicted octanol–water partition coefficient (Wildman–Crippen LogP) is 1.46. The Balaban J connectivity index is 1.68. The maximum Gasteiger partial charge on any atom is 0.344 e. The maximum atomic E-state index is 12.5. The topological polar surface area (TPSA) is 78.5 Å². The molecule has 6 heteroatoms. The third kappa shape index (κ3) is 2.17. The number of urea groups is 1. The van der Waals surface area contributed by atoms with Gasteiger partial charge in [-0.3, -0.25) is 15.0 Å². The highest BCUT2D eigenvalue weighted by Gasteiger charge is 2.52. The summed E-state index contributed by atoms with van der Waals surface area (Å²) in [4.78, 5) is 36.5. The fourth-order valence-corrected chi connectivity index (χ4v) is 3.61. The van der Waals surface area contributed by atoms with Crippen molar-refractivity contribution in [1.29, 1.82) is 0 Å². The van der Waals surface area contributed by atoms with E-state index in [2.05, 4.69) is 10.7 Å². The van der Waals surface area contributed by atoms with E-state index in [0.29, 0.717) is 12.8 Å². The molecule has 0 bridgehead atoms. The molecule has 6 nitrogen and oxygen atoms in total. The fourth-order valence-electron chi connectivity index (χ4n) is 3.61. The molecule has 3 aliphatic rings. The number of hydrazine groups is 1. The number of nitrogens with zero attached hydrogens (tertiary/aromatic N) is 1. The molecule has 0 radical (unpaired) electrons. The Morgan fingerprint density at radius 3 is 2.40 bits per heavy atom. The Morgan fingerprint density at radius 2 is 1.75 bits per heavy atom. The molecule has 3 rings (SSSR count). The van der Waals surface area contributed by atoms with Crippen molar-refractivity contribution in [2.45, 2.75) is 63.3 Å². The maximum absolute atomic E-state index is 12.5. The van der Waals surface area contributed by atoms with E-state index in [1.54, 1.807) is 0 Å². The van der Waals surface area contributed by atoms with E-state index in [0.717, 1.165) is 50.0 Å². The molecule has 2 N–H and O–H groups in total. The second kappa shape index (κ2) is 5.07. The van der Waals surface area contributed by atoms with Crippen LogP contribution in [-0.4, -0.2) is 28.4 Å². The highest BCUT2D eigenvalue weighted by Crippen LogP contribution is 2.33. The number of carbonyl (C=O) groups is 3. The smallest absolute Gasteiger partial charge is 0.322 e. The number of hydrogen-bond donors (Lipinski definition) is 2. The molecular weight excluding hydrogens is 258 g/mol. The lowest BCUT2D eigenvalue weighted by Gasteiger charge is -2.30. The molecule has 0 aromatic carbocycles. The van der Waals surface area contributed by atoms with Gasteiger partial charge in [0.05, 0.1) is 0 Å². The van der Waals surface area contributed by atoms with Gasteiger partial charge in [0.2, 0.25) is 5.91 Å². The van der Waals surface area contributed by atoms with E-state index in [1.165, 1.54) is 0 Å². The zero-order valence-electron chi connectivity index (χ0n) is 11.6. The molecular formula is C14H21N3O3. The summed E-state index contributed by atoms with van der Waals surface area (Å²) in [5, 5.41) is 3.70. The summed E-state index contributed by atoms with van der Waals surface area (Å²) in [5.74, 6) is -0.536. The molecule has 2 saturated carbocycles. The van der Waals surface area contributed by atoms with Crippen LogP contribution < -0.4 is 10.7 Å². The quantitative estimate of drug-likeness (QED) is 0.751. The first-order valence-electron chi connectivity index (χ1n) is 7.60. The van der Waals surface area contributed by atoms with Gasteiger partial charge in [0.15, 0.2) is 0 Å². The summed E-state index contributed by atoms with van der Waals surface area (Å²) in [6.45, 7) is 0. The largest absolute Gasteiger partial charge is 0.344 e. The van der Waals surface area contributed by atoms with Crippen LogP contribution in [0, 0.1) is 5.92 Å². The Kier molecular flexibility index (Phi) is 3.40. The van der Waals surface area contributed by atoms with E-state index in [4.69, 9.17) is 0 Å². The summed E-state index contributed by atoms with van der Waals surface area (Å²) < 4.78 is 0. The fraction of sp³-hybridized carbons (Fsp3) is 0.786. The first-order chi connectivity index (χ1) is 9.62. The van der Waals surface area contributed by atoms with Gasteiger partial charge >= 0.3 is 6.03 Å². The highest BCUT2D eigenvalue weighted by molar-refractivity contribution is 6.08. The second-order valence-corrected chi connectivity index (χ2v) is 6.17. The van der Waals surface area contributed by atoms with E-state index in [9.17, 15) is 14.4 Å². The van der Waals surface area contributed by atoms with Gasteiger partial charge < -0.3 is 5.32 Å². The first-order valence-corrected chi connectivity index (χ1v) is 7.60. The van der Waals surface area contributed by atoms with E-state index < -0.39 is 11.6 Å². The number of hydrogen-bond acceptors (Lipinski definition) is 3. The van der Waals surface area contributed by atoms with Gasteiger partial charge in [-0.15, -0.1) is 0 Å². The van der Waals surface area contributed by atoms with Crippen molar-refractivity contribution in [3.63, 3.8) is 0 Å². The lowest BCUT2D eigenvalue weighted by Crippen LogP contribution is -2.51. The average molecular weight is 279 g/mol. The van der Waals surface area contributed by atoms with Gasteiger partial charge in [-0.2, -0.15) is 5.01 Å². The van der Waals surface area contributed by atoms with Crippen LogP contribution in [0.4, 0.5) is 4.79 Å². The standard InChI is InChI=1S/C14H21N3O3/c18-11(10-6-2-3-7-10)16-17-12(19)14(15-13(17)20)8-4-1-5-9-14/h10H,1-9H2,(H,15,20)(H,16,18). The molecule has 110 valence electrons. The van der Waals surface area contributed by atoms with E-state index >= 15 is 0 Å². The van der Waals surface area contributed by atoms with Crippen LogP contribution in [0.5, 0.6) is 0 Å². The summed E-state index contributed by atoms with van der Waals surface area (Å²) in [6.07, 6.45) is 8.11. The average Bonchev–Trinajstić information content (AvgIpc) is 3.04. The molecule has 20 heavy (non-hydrogen) atoms. The minimum absolute atomic E-state index is 0.0569. The van der Waals surface area contributed by atoms with Crippen molar-refractivity contribution < 1.29 is 14.4 Å². The number of nitrogens with one attached hydrogen (secondary N) is 2. The molecule has 1 saturated heterocycles. The zero-order chi connectivity index (χ0) is 14.2. The number of rotatable bonds is 2. The first kappa shape index (κ1) is 13.4. The van der Waals surface area contributed by atoms with Crippen molar-refractivity contribution >= 4 is 17.8 Å². The van der Waals surface area contributed by atoms with Crippen molar-refractivity contribution in [2.24, 2.45) is 5.92 Å². The third-order valence-electron chi connectivity index (χ3n) is 4.82. The third-order valence-corrected chi connectivity index (χ3v) is 4.82. The molecule has 4 amide bonds. The minimum atomic E-state index is -0.766. The van der Waals surface area contributed by atoms with Gasteiger partial charge in [0, 0.05) is 5.92 Å². The van der Waals surface area contributed by atoms with Crippen LogP contribution in [0.2, 0.25) is 0 Å². The van der Waals surface area contributed by atoms with Crippen molar-refractivity contribution in [3.05, 3.63) is 0 Å². The van der Waals surface area contributed by atoms with Crippen LogP contribution >= 0.6 is 0 Å². The Bertz CT molecular complexity index is 437. The molecule has 0 unspecified atom stereocenters. The van der Waals surface area contributed by atoms with Gasteiger partial charge in [0.25, 0.3) is 5.91 Å². The summed E-state index contributed by atoms with van der Waals surface area (Å²) in [5.41, 5.74) is 1.76. The molecule has 1 heterocycles. The Labute approximate surface area is 118 Å². The highest BCUT2D eigenvalue weighted by atomic mass is 16.2. The van der Waals surface area contributed by atoms with E-state index in [1.807, 2.05) is 0 Å². The van der Waals surface area contributed by atoms with Crippen LogP contribution in [0.3, 0.4) is 0 Å². The molecule has 1 aliphatic heterocycles. The Morgan fingerprint density at radius 1 is 1.10 bits per heavy atom. The van der Waals surface area contributed by atoms with Crippen LogP contribution in [-0.2, 0) is 9.59 Å². The van der Waals surface area contributed by atoms with Gasteiger partial charge in [0.1, 0.15) is 5.54 Å². The molecule has 0 atom stereocenters. The summed E-state index contributed by atoms with van der Waals surface area (Å²) >= 11 is 0. The van der Waals surface area contributed by atoms with Crippen LogP contribution in [0.25, 0.3) is 0 Å². The zero-order valence-corrected chi connectivity index (χ0v) is 11.6. The summed E-state index contributed by atoms with van der Waals surface area (Å²) in [7, 11) is 0. The van der Waals surface area contributed by atoms with Gasteiger partial charge in [-0.05, 0) is 25.7 Å². The molecule has 3 fully saturated rings. The normalized spacial score (nSPS) is 26.1. The molecule has 0 aromatic heterocycles. The molecule has 0 aromatic rings. The van der Waals surface area contributed by atoms with Gasteiger partial charge in [-0.25, -0.2) is 4.79 Å². The number of amides is 4. The van der Waals surface area contributed by atoms with Crippen LogP contribution in [0.1, 0.15) is 57.8 Å². The van der Waals surface area contributed by atoms with Crippen molar-refractivity contribution in [1.82, 2.24) is 15.8 Å². The lowest BCUT2D eigenvalue weighted by molar-refractivity contribution is -0.141. The summed E-state index contributed by atoms with van der Waals surface area (Å²) in [6, 6.07) is -0.483. The lowest BCUT2D eigenvalue weighted by atomic mass is 9.82. The molecule has 2 aliphatic carbocycles. The molecule has 1 spiro atoms. The SMILES string of the molecule is O=C(NN1C(=O)NC2(CCCCC2)C1=O)C1CCCC1.